The van der Waals surface area contributed by atoms with Crippen LogP contribution in [0, 0.1) is 0 Å². The fourth-order valence-corrected chi connectivity index (χ4v) is 6.72. The molecular formula is C30H31Cl2N5O. The summed E-state index contributed by atoms with van der Waals surface area (Å²) in [6.07, 6.45) is 8.16. The third-order valence-electron chi connectivity index (χ3n) is 8.17. The van der Waals surface area contributed by atoms with Crippen molar-refractivity contribution in [1.29, 1.82) is 0 Å². The first-order chi connectivity index (χ1) is 18.1. The van der Waals surface area contributed by atoms with Gasteiger partial charge in [-0.3, -0.25) is 4.90 Å². The lowest BCUT2D eigenvalue weighted by atomic mass is 9.66. The van der Waals surface area contributed by atoms with Crippen molar-refractivity contribution in [1.82, 2.24) is 20.0 Å². The van der Waals surface area contributed by atoms with E-state index in [0.29, 0.717) is 5.02 Å². The summed E-state index contributed by atoms with van der Waals surface area (Å²) in [4.78, 5) is 14.3. The zero-order valence-corrected chi connectivity index (χ0v) is 23.3. The molecule has 3 aromatic rings. The average Bonchev–Trinajstić information content (AvgIpc) is 3.26. The minimum Gasteiger partial charge on any atom is -0.352 e. The molecule has 0 spiro atoms. The van der Waals surface area contributed by atoms with Crippen LogP contribution in [-0.4, -0.2) is 32.8 Å². The molecule has 2 atom stereocenters. The number of aryl methyl sites for hydroxylation is 1. The number of para-hydroxylation sites is 1. The summed E-state index contributed by atoms with van der Waals surface area (Å²) >= 11 is 12.8. The molecule has 2 amide bonds. The quantitative estimate of drug-likeness (QED) is 0.396. The highest BCUT2D eigenvalue weighted by molar-refractivity contribution is 6.33. The van der Waals surface area contributed by atoms with Gasteiger partial charge in [0, 0.05) is 47.2 Å². The molecule has 6 nitrogen and oxygen atoms in total. The van der Waals surface area contributed by atoms with Gasteiger partial charge in [-0.05, 0) is 55.2 Å². The van der Waals surface area contributed by atoms with Crippen LogP contribution in [0.3, 0.4) is 0 Å². The number of nitrogens with zero attached hydrogens (tertiary/aromatic N) is 3. The van der Waals surface area contributed by atoms with Gasteiger partial charge in [-0.15, -0.1) is 0 Å². The lowest BCUT2D eigenvalue weighted by Crippen LogP contribution is -2.49. The molecule has 0 fully saturated rings. The first-order valence-corrected chi connectivity index (χ1v) is 13.8. The molecule has 1 aromatic heterocycles. The Balaban J connectivity index is 1.50. The highest BCUT2D eigenvalue weighted by Crippen LogP contribution is 2.52. The molecule has 3 heterocycles. The van der Waals surface area contributed by atoms with Gasteiger partial charge >= 0.3 is 6.03 Å². The predicted octanol–water partition coefficient (Wildman–Crippen LogP) is 5.95. The maximum atomic E-state index is 11.8. The van der Waals surface area contributed by atoms with Gasteiger partial charge in [-0.1, -0.05) is 66.6 Å². The number of nitrogens with one attached hydrogen (secondary N) is 1. The lowest BCUT2D eigenvalue weighted by molar-refractivity contribution is 0.243. The number of rotatable bonds is 4. The molecule has 6 rings (SSSR count). The van der Waals surface area contributed by atoms with Gasteiger partial charge in [0.25, 0.3) is 0 Å². The first kappa shape index (κ1) is 25.2. The molecule has 2 unspecified atom stereocenters. The second kappa shape index (κ2) is 9.01. The van der Waals surface area contributed by atoms with Gasteiger partial charge in [-0.2, -0.15) is 5.10 Å². The van der Waals surface area contributed by atoms with E-state index in [1.54, 1.807) is 0 Å². The molecular weight excluding hydrogens is 517 g/mol. The number of aromatic nitrogens is 2. The summed E-state index contributed by atoms with van der Waals surface area (Å²) in [5.74, 6) is 0. The molecule has 0 bridgehead atoms. The first-order valence-electron chi connectivity index (χ1n) is 13.0. The zero-order chi connectivity index (χ0) is 26.8. The van der Waals surface area contributed by atoms with E-state index in [1.165, 1.54) is 16.8 Å². The molecule has 38 heavy (non-hydrogen) atoms. The Morgan fingerprint density at radius 2 is 1.97 bits per heavy atom. The smallest absolute Gasteiger partial charge is 0.313 e. The van der Waals surface area contributed by atoms with Gasteiger partial charge in [0.2, 0.25) is 0 Å². The number of allylic oxidation sites excluding steroid dienone is 2. The summed E-state index contributed by atoms with van der Waals surface area (Å²) in [6, 6.07) is 11.6. The minimum atomic E-state index is -0.683. The molecule has 196 valence electrons. The second-order valence-corrected chi connectivity index (χ2v) is 11.8. The monoisotopic (exact) mass is 547 g/mol. The molecule has 2 aromatic carbocycles. The third kappa shape index (κ3) is 3.98. The van der Waals surface area contributed by atoms with Crippen LogP contribution in [-0.2, 0) is 31.3 Å². The van der Waals surface area contributed by atoms with E-state index < -0.39 is 17.0 Å². The second-order valence-electron chi connectivity index (χ2n) is 10.9. The van der Waals surface area contributed by atoms with Crippen molar-refractivity contribution in [3.8, 4) is 5.69 Å². The van der Waals surface area contributed by atoms with Crippen molar-refractivity contribution in [3.63, 3.8) is 0 Å². The fourth-order valence-electron chi connectivity index (χ4n) is 6.34. The van der Waals surface area contributed by atoms with Gasteiger partial charge in [-0.25, -0.2) is 9.48 Å². The molecule has 3 aliphatic rings. The van der Waals surface area contributed by atoms with Crippen molar-refractivity contribution < 1.29 is 4.79 Å². The number of carbonyl (C=O) groups excluding carboxylic acids is 1. The lowest BCUT2D eigenvalue weighted by Gasteiger charge is -2.43. The molecule has 1 aliphatic carbocycles. The van der Waals surface area contributed by atoms with Crippen molar-refractivity contribution in [2.45, 2.75) is 57.7 Å². The maximum absolute atomic E-state index is 11.8. The van der Waals surface area contributed by atoms with E-state index in [9.17, 15) is 4.79 Å². The van der Waals surface area contributed by atoms with Gasteiger partial charge in [0.1, 0.15) is 0 Å². The normalized spacial score (nSPS) is 23.7. The molecule has 0 radical (unpaired) electrons. The topological polar surface area (TPSA) is 76.2 Å². The summed E-state index contributed by atoms with van der Waals surface area (Å²) in [5, 5.41) is 9.56. The summed E-state index contributed by atoms with van der Waals surface area (Å²) in [7, 11) is 0. The van der Waals surface area contributed by atoms with E-state index in [1.807, 2.05) is 31.2 Å². The van der Waals surface area contributed by atoms with E-state index >= 15 is 0 Å². The number of nitrogens with two attached hydrogens (primary N) is 1. The van der Waals surface area contributed by atoms with E-state index in [2.05, 4.69) is 59.1 Å². The van der Waals surface area contributed by atoms with Crippen LogP contribution in [0.2, 0.25) is 10.0 Å². The Morgan fingerprint density at radius 3 is 2.74 bits per heavy atom. The van der Waals surface area contributed by atoms with Gasteiger partial charge in [0.15, 0.2) is 0 Å². The number of amides is 2. The van der Waals surface area contributed by atoms with Gasteiger partial charge < -0.3 is 11.1 Å². The Hall–Kier alpha value is -3.06. The Bertz CT molecular complexity index is 1540. The third-order valence-corrected chi connectivity index (χ3v) is 8.77. The summed E-state index contributed by atoms with van der Waals surface area (Å²) in [6.45, 7) is 8.78. The Morgan fingerprint density at radius 1 is 1.16 bits per heavy atom. The predicted molar refractivity (Wildman–Crippen MR) is 153 cm³/mol. The average molecular weight is 549 g/mol. The number of hydrogen-bond acceptors (Lipinski definition) is 3. The number of urea groups is 1. The molecule has 0 saturated heterocycles. The van der Waals surface area contributed by atoms with Crippen LogP contribution in [0.5, 0.6) is 0 Å². The fraction of sp³-hybridized carbons (Fsp3) is 0.333. The minimum absolute atomic E-state index is 0.421. The molecule has 2 aliphatic heterocycles. The summed E-state index contributed by atoms with van der Waals surface area (Å²) in [5.41, 5.74) is 13.7. The molecule has 3 N–H and O–H groups in total. The number of benzene rings is 2. The number of primary amides is 1. The van der Waals surface area contributed by atoms with E-state index in [4.69, 9.17) is 34.0 Å². The Kier molecular flexibility index (Phi) is 5.98. The highest BCUT2D eigenvalue weighted by atomic mass is 35.5. The van der Waals surface area contributed by atoms with Crippen LogP contribution in [0.1, 0.15) is 54.4 Å². The number of hydrogen-bond donors (Lipinski definition) is 2. The van der Waals surface area contributed by atoms with E-state index in [-0.39, 0.29) is 0 Å². The van der Waals surface area contributed by atoms with Crippen molar-refractivity contribution >= 4 is 34.8 Å². The maximum Gasteiger partial charge on any atom is 0.313 e. The zero-order valence-electron chi connectivity index (χ0n) is 21.8. The molecule has 0 saturated carbocycles. The van der Waals surface area contributed by atoms with Crippen LogP contribution >= 0.6 is 23.2 Å². The van der Waals surface area contributed by atoms with E-state index in [0.717, 1.165) is 65.6 Å². The highest BCUT2D eigenvalue weighted by Gasteiger charge is 2.46. The summed E-state index contributed by atoms with van der Waals surface area (Å²) < 4.78 is 2.19. The molecule has 8 heteroatoms. The van der Waals surface area contributed by atoms with Gasteiger partial charge in [0.05, 0.1) is 28.0 Å². The van der Waals surface area contributed by atoms with Crippen LogP contribution in [0.15, 0.2) is 54.6 Å². The number of fused-ring (bicyclic) bond motifs is 8. The largest absolute Gasteiger partial charge is 0.352 e. The standard InChI is InChI=1S/C30H31Cl2N5O/c1-4-18-6-5-7-21-23-15-29(2,34-28(33)38)11-12-30(23,3)27-22-17-36(13-10-25(22)35-37(27)26(18)21)16-19-14-20(31)8-9-24(19)32/h5-9,11-12,14-15H,4,10,13,16-17H2,1-3H3,(H3,33,34,38). The van der Waals surface area contributed by atoms with Crippen LogP contribution in [0.25, 0.3) is 11.3 Å². The van der Waals surface area contributed by atoms with Crippen molar-refractivity contribution in [2.75, 3.05) is 6.54 Å². The number of carbonyl (C=O) groups is 1. The van der Waals surface area contributed by atoms with Crippen molar-refractivity contribution in [3.05, 3.63) is 98.3 Å². The SMILES string of the molecule is CCc1cccc2c1-n1nc3c(c1C1(C)C=CC(C)(NC(N)=O)C=C21)CN(Cc1cc(Cl)ccc1Cl)CC3. The number of halogens is 2. The Labute approximate surface area is 233 Å². The van der Waals surface area contributed by atoms with Crippen molar-refractivity contribution in [2.24, 2.45) is 5.73 Å². The van der Waals surface area contributed by atoms with Crippen LogP contribution in [0.4, 0.5) is 4.79 Å². The van der Waals surface area contributed by atoms with Crippen LogP contribution < -0.4 is 11.1 Å².